The molecule has 1 aromatic carbocycles. The maximum Gasteiger partial charge on any atom is 0.292 e. The van der Waals surface area contributed by atoms with E-state index in [4.69, 9.17) is 0 Å². The van der Waals surface area contributed by atoms with E-state index < -0.39 is 4.92 Å². The fourth-order valence-electron chi connectivity index (χ4n) is 3.57. The number of rotatable bonds is 8. The van der Waals surface area contributed by atoms with E-state index in [2.05, 4.69) is 10.6 Å². The number of imide groups is 1. The number of allylic oxidation sites excluding steroid dienone is 2. The summed E-state index contributed by atoms with van der Waals surface area (Å²) in [6.45, 7) is 0.657. The van der Waals surface area contributed by atoms with Gasteiger partial charge in [0.05, 0.1) is 16.8 Å². The number of fused-ring (bicyclic) bond motifs is 1. The van der Waals surface area contributed by atoms with Gasteiger partial charge >= 0.3 is 0 Å². The summed E-state index contributed by atoms with van der Waals surface area (Å²) < 4.78 is 0. The number of hydrogen-bond acceptors (Lipinski definition) is 6. The lowest BCUT2D eigenvalue weighted by Crippen LogP contribution is -2.36. The molecule has 0 saturated carbocycles. The number of amides is 3. The third-order valence-corrected chi connectivity index (χ3v) is 5.02. The Morgan fingerprint density at radius 2 is 1.75 bits per heavy atom. The lowest BCUT2D eigenvalue weighted by Gasteiger charge is -2.14. The van der Waals surface area contributed by atoms with Crippen LogP contribution in [0.25, 0.3) is 0 Å². The highest BCUT2D eigenvalue weighted by molar-refractivity contribution is 6.05. The number of hydrogen-bond donors (Lipinski definition) is 2. The number of nitro benzene ring substituents is 1. The molecule has 2 N–H and O–H groups in total. The average molecular weight is 386 g/mol. The Morgan fingerprint density at radius 3 is 2.39 bits per heavy atom. The summed E-state index contributed by atoms with van der Waals surface area (Å²) >= 11 is 0. The number of nitrogens with one attached hydrogen (secondary N) is 2. The van der Waals surface area contributed by atoms with Gasteiger partial charge in [-0.1, -0.05) is 24.3 Å². The Kier molecular flexibility index (Phi) is 6.03. The van der Waals surface area contributed by atoms with E-state index >= 15 is 0 Å². The molecule has 28 heavy (non-hydrogen) atoms. The molecule has 2 atom stereocenters. The lowest BCUT2D eigenvalue weighted by molar-refractivity contribution is -0.384. The summed E-state index contributed by atoms with van der Waals surface area (Å²) in [6, 6.07) is 6.26. The molecule has 0 unspecified atom stereocenters. The summed E-state index contributed by atoms with van der Waals surface area (Å²) in [7, 11) is 0. The maximum atomic E-state index is 12.3. The first-order chi connectivity index (χ1) is 13.5. The summed E-state index contributed by atoms with van der Waals surface area (Å²) in [5, 5.41) is 16.6. The van der Waals surface area contributed by atoms with Crippen molar-refractivity contribution in [2.24, 2.45) is 11.8 Å². The Labute approximate surface area is 161 Å². The lowest BCUT2D eigenvalue weighted by atomic mass is 9.85. The minimum Gasteiger partial charge on any atom is -0.378 e. The van der Waals surface area contributed by atoms with Crippen LogP contribution in [0.4, 0.5) is 11.4 Å². The number of carbonyl (C=O) groups excluding carboxylic acids is 3. The third kappa shape index (κ3) is 4.19. The maximum absolute atomic E-state index is 12.3. The van der Waals surface area contributed by atoms with Gasteiger partial charge < -0.3 is 10.6 Å². The highest BCUT2D eigenvalue weighted by Gasteiger charge is 2.46. The van der Waals surface area contributed by atoms with Gasteiger partial charge in [0.2, 0.25) is 17.7 Å². The number of likely N-dealkylation sites (tertiary alicyclic amines) is 1. The molecule has 1 aliphatic heterocycles. The molecular formula is C19H22N4O5. The Morgan fingerprint density at radius 1 is 1.11 bits per heavy atom. The molecular weight excluding hydrogens is 364 g/mol. The molecule has 1 heterocycles. The molecule has 9 nitrogen and oxygen atoms in total. The van der Waals surface area contributed by atoms with Gasteiger partial charge in [-0.05, 0) is 18.9 Å². The van der Waals surface area contributed by atoms with Crippen LogP contribution >= 0.6 is 0 Å². The Balaban J connectivity index is 1.40. The number of para-hydroxylation sites is 2. The second-order valence-electron chi connectivity index (χ2n) is 6.78. The van der Waals surface area contributed by atoms with Crippen LogP contribution in [0.2, 0.25) is 0 Å². The highest BCUT2D eigenvalue weighted by atomic mass is 16.6. The van der Waals surface area contributed by atoms with Gasteiger partial charge in [-0.15, -0.1) is 0 Å². The molecule has 9 heteroatoms. The van der Waals surface area contributed by atoms with Crippen molar-refractivity contribution in [2.45, 2.75) is 19.3 Å². The van der Waals surface area contributed by atoms with E-state index in [1.54, 1.807) is 18.2 Å². The zero-order valence-corrected chi connectivity index (χ0v) is 15.3. The largest absolute Gasteiger partial charge is 0.378 e. The number of nitro groups is 1. The quantitative estimate of drug-likeness (QED) is 0.229. The van der Waals surface area contributed by atoms with Crippen molar-refractivity contribution in [2.75, 3.05) is 25.0 Å². The first kappa shape index (κ1) is 19.5. The molecule has 3 amide bonds. The van der Waals surface area contributed by atoms with Gasteiger partial charge in [0.25, 0.3) is 5.69 Å². The zero-order valence-electron chi connectivity index (χ0n) is 15.3. The normalized spacial score (nSPS) is 20.8. The van der Waals surface area contributed by atoms with Gasteiger partial charge in [0.15, 0.2) is 0 Å². The van der Waals surface area contributed by atoms with Crippen molar-refractivity contribution in [3.05, 3.63) is 46.5 Å². The Hall–Kier alpha value is -3.23. The minimum atomic E-state index is -0.474. The predicted octanol–water partition coefficient (Wildman–Crippen LogP) is 1.46. The predicted molar refractivity (Wildman–Crippen MR) is 101 cm³/mol. The number of carbonyl (C=O) groups is 3. The number of benzene rings is 1. The fourth-order valence-corrected chi connectivity index (χ4v) is 3.57. The monoisotopic (exact) mass is 386 g/mol. The molecule has 2 aliphatic rings. The van der Waals surface area contributed by atoms with Gasteiger partial charge in [-0.25, -0.2) is 0 Å². The van der Waals surface area contributed by atoms with E-state index in [0.29, 0.717) is 25.1 Å². The fraction of sp³-hybridized carbons (Fsp3) is 0.421. The average Bonchev–Trinajstić information content (AvgIpc) is 2.94. The van der Waals surface area contributed by atoms with E-state index in [9.17, 15) is 24.5 Å². The molecule has 1 fully saturated rings. The topological polar surface area (TPSA) is 122 Å². The molecule has 0 bridgehead atoms. The first-order valence-electron chi connectivity index (χ1n) is 9.23. The van der Waals surface area contributed by atoms with Crippen LogP contribution in [-0.2, 0) is 14.4 Å². The molecule has 0 aromatic heterocycles. The molecule has 0 spiro atoms. The molecule has 0 radical (unpaired) electrons. The van der Waals surface area contributed by atoms with E-state index in [1.165, 1.54) is 11.0 Å². The van der Waals surface area contributed by atoms with Gasteiger partial charge in [-0.3, -0.25) is 29.4 Å². The van der Waals surface area contributed by atoms with E-state index in [-0.39, 0.29) is 54.8 Å². The van der Waals surface area contributed by atoms with Gasteiger partial charge in [0, 0.05) is 32.1 Å². The summed E-state index contributed by atoms with van der Waals surface area (Å²) in [5.74, 6) is -1.23. The van der Waals surface area contributed by atoms with Crippen molar-refractivity contribution in [3.8, 4) is 0 Å². The molecule has 1 saturated heterocycles. The van der Waals surface area contributed by atoms with Crippen LogP contribution in [0.15, 0.2) is 36.4 Å². The van der Waals surface area contributed by atoms with Crippen LogP contribution in [0.5, 0.6) is 0 Å². The van der Waals surface area contributed by atoms with Crippen molar-refractivity contribution in [3.63, 3.8) is 0 Å². The van der Waals surface area contributed by atoms with Gasteiger partial charge in [-0.2, -0.15) is 0 Å². The second kappa shape index (κ2) is 8.64. The van der Waals surface area contributed by atoms with Gasteiger partial charge in [0.1, 0.15) is 5.69 Å². The van der Waals surface area contributed by atoms with E-state index in [1.807, 2.05) is 12.2 Å². The molecule has 3 rings (SSSR count). The number of nitrogens with zero attached hydrogens (tertiary/aromatic N) is 2. The van der Waals surface area contributed by atoms with Crippen molar-refractivity contribution in [1.29, 1.82) is 0 Å². The number of anilines is 1. The summed E-state index contributed by atoms with van der Waals surface area (Å²) in [4.78, 5) is 48.4. The zero-order chi connectivity index (χ0) is 20.1. The van der Waals surface area contributed by atoms with Crippen LogP contribution in [0.1, 0.15) is 19.3 Å². The molecule has 1 aromatic rings. The van der Waals surface area contributed by atoms with Crippen molar-refractivity contribution < 1.29 is 19.3 Å². The standard InChI is InChI=1S/C19H22N4O5/c24-17(21-11-10-20-15-7-3-4-8-16(15)23(27)28)9-12-22-18(25)13-5-1-2-6-14(13)19(22)26/h1-4,7-8,13-14,20H,5-6,9-12H2,(H,21,24)/t13-,14-/m0/s1. The second-order valence-corrected chi connectivity index (χ2v) is 6.78. The highest BCUT2D eigenvalue weighted by Crippen LogP contribution is 2.34. The van der Waals surface area contributed by atoms with Crippen molar-refractivity contribution in [1.82, 2.24) is 10.2 Å². The first-order valence-corrected chi connectivity index (χ1v) is 9.23. The summed E-state index contributed by atoms with van der Waals surface area (Å²) in [6.07, 6.45) is 5.04. The smallest absolute Gasteiger partial charge is 0.292 e. The molecule has 1 aliphatic carbocycles. The van der Waals surface area contributed by atoms with Crippen molar-refractivity contribution >= 4 is 29.1 Å². The van der Waals surface area contributed by atoms with Crippen LogP contribution in [0, 0.1) is 22.0 Å². The van der Waals surface area contributed by atoms with Crippen LogP contribution < -0.4 is 10.6 Å². The minimum absolute atomic E-state index is 0.0316. The van der Waals surface area contributed by atoms with Crippen LogP contribution in [-0.4, -0.2) is 47.2 Å². The van der Waals surface area contributed by atoms with Crippen LogP contribution in [0.3, 0.4) is 0 Å². The molecule has 148 valence electrons. The summed E-state index contributed by atoms with van der Waals surface area (Å²) in [5.41, 5.74) is 0.349. The SMILES string of the molecule is O=C(CCN1C(=O)[C@H]2CC=CC[C@@H]2C1=O)NCCNc1ccccc1[N+](=O)[O-]. The Bertz CT molecular complexity index is 796. The van der Waals surface area contributed by atoms with E-state index in [0.717, 1.165) is 0 Å². The third-order valence-electron chi connectivity index (χ3n) is 5.02.